The minimum absolute atomic E-state index is 0.249. The first-order valence-electron chi connectivity index (χ1n) is 10.3. The highest BCUT2D eigenvalue weighted by atomic mass is 16.4. The van der Waals surface area contributed by atoms with E-state index < -0.39 is 5.97 Å². The first kappa shape index (κ1) is 22.4. The molecule has 29 heavy (non-hydrogen) atoms. The van der Waals surface area contributed by atoms with Gasteiger partial charge in [-0.05, 0) is 31.0 Å². The molecule has 0 saturated heterocycles. The molecule has 4 N–H and O–H groups in total. The summed E-state index contributed by atoms with van der Waals surface area (Å²) in [5.74, 6) is 0.461. The van der Waals surface area contributed by atoms with Gasteiger partial charge in [0.15, 0.2) is 0 Å². The predicted octanol–water partition coefficient (Wildman–Crippen LogP) is 4.27. The van der Waals surface area contributed by atoms with Crippen LogP contribution in [0.4, 0.5) is 0 Å². The number of rotatable bonds is 10. The van der Waals surface area contributed by atoms with Crippen molar-refractivity contribution in [1.82, 2.24) is 4.98 Å². The molecule has 1 aromatic carbocycles. The average molecular weight is 396 g/mol. The summed E-state index contributed by atoms with van der Waals surface area (Å²) in [5, 5.41) is 19.5. The molecule has 0 radical (unpaired) electrons. The van der Waals surface area contributed by atoms with Gasteiger partial charge < -0.3 is 5.11 Å². The van der Waals surface area contributed by atoms with Crippen molar-refractivity contribution in [2.75, 3.05) is 0 Å². The number of quaternary nitrogens is 1. The SMILES string of the molecule is CCCCC(=N)N=C(CCCC)[NH2+]Cc1ccc(-c2ccccc2C(=O)O)nc1. The average Bonchev–Trinajstić information content (AvgIpc) is 2.74. The van der Waals surface area contributed by atoms with E-state index in [-0.39, 0.29) is 5.56 Å². The Bertz CT molecular complexity index is 844. The highest BCUT2D eigenvalue weighted by Gasteiger charge is 2.12. The molecule has 6 nitrogen and oxygen atoms in total. The van der Waals surface area contributed by atoms with Gasteiger partial charge in [0.1, 0.15) is 12.4 Å². The maximum absolute atomic E-state index is 11.4. The van der Waals surface area contributed by atoms with Gasteiger partial charge in [0.05, 0.1) is 11.3 Å². The number of hydrogen-bond donors (Lipinski definition) is 3. The van der Waals surface area contributed by atoms with Gasteiger partial charge in [-0.15, -0.1) is 0 Å². The van der Waals surface area contributed by atoms with Crippen molar-refractivity contribution in [3.8, 4) is 11.3 Å². The molecule has 0 aliphatic carbocycles. The fourth-order valence-electron chi connectivity index (χ4n) is 2.97. The largest absolute Gasteiger partial charge is 0.478 e. The Balaban J connectivity index is 2.06. The number of carbonyl (C=O) groups is 1. The van der Waals surface area contributed by atoms with Crippen molar-refractivity contribution in [1.29, 1.82) is 5.41 Å². The third-order valence-corrected chi connectivity index (χ3v) is 4.66. The molecule has 6 heteroatoms. The van der Waals surface area contributed by atoms with Crippen LogP contribution in [-0.4, -0.2) is 27.7 Å². The number of aliphatic imine (C=N–C) groups is 1. The molecule has 1 heterocycles. The van der Waals surface area contributed by atoms with Crippen molar-refractivity contribution in [3.63, 3.8) is 0 Å². The minimum atomic E-state index is -0.956. The summed E-state index contributed by atoms with van der Waals surface area (Å²) < 4.78 is 0. The molecule has 0 amide bonds. The van der Waals surface area contributed by atoms with Crippen LogP contribution in [0, 0.1) is 5.41 Å². The zero-order chi connectivity index (χ0) is 21.1. The second-order valence-corrected chi connectivity index (χ2v) is 7.07. The number of aromatic carboxylic acids is 1. The number of carboxylic acids is 1. The first-order valence-corrected chi connectivity index (χ1v) is 10.3. The number of nitrogens with one attached hydrogen (secondary N) is 1. The lowest BCUT2D eigenvalue weighted by Gasteiger charge is -2.08. The lowest BCUT2D eigenvalue weighted by Crippen LogP contribution is -2.86. The van der Waals surface area contributed by atoms with E-state index in [2.05, 4.69) is 29.1 Å². The zero-order valence-corrected chi connectivity index (χ0v) is 17.3. The van der Waals surface area contributed by atoms with Crippen LogP contribution in [0.25, 0.3) is 11.3 Å². The highest BCUT2D eigenvalue weighted by molar-refractivity contribution is 5.95. The van der Waals surface area contributed by atoms with Crippen LogP contribution in [0.15, 0.2) is 47.6 Å². The topological polar surface area (TPSA) is 103 Å². The van der Waals surface area contributed by atoms with Crippen LogP contribution >= 0.6 is 0 Å². The van der Waals surface area contributed by atoms with Crippen LogP contribution in [0.3, 0.4) is 0 Å². The fraction of sp³-hybridized carbons (Fsp3) is 0.391. The van der Waals surface area contributed by atoms with Gasteiger partial charge in [-0.25, -0.2) is 4.79 Å². The molecule has 0 fully saturated rings. The predicted molar refractivity (Wildman–Crippen MR) is 116 cm³/mol. The van der Waals surface area contributed by atoms with Crippen molar-refractivity contribution in [2.24, 2.45) is 4.99 Å². The quantitative estimate of drug-likeness (QED) is 0.413. The number of nitrogens with zero attached hydrogens (tertiary/aromatic N) is 2. The van der Waals surface area contributed by atoms with E-state index in [0.29, 0.717) is 23.6 Å². The third-order valence-electron chi connectivity index (χ3n) is 4.66. The van der Waals surface area contributed by atoms with E-state index in [0.717, 1.165) is 49.9 Å². The standard InChI is InChI=1S/C23H30N4O2/c1-3-5-11-21(24)27-22(12-6-4-2)26-16-17-13-14-20(25-15-17)18-9-7-8-10-19(18)23(28)29/h7-10,13-15H,3-6,11-12,16H2,1-2H3,(H,28,29)(H2,24,26,27)/p+1. The van der Waals surface area contributed by atoms with Crippen LogP contribution in [0.5, 0.6) is 0 Å². The summed E-state index contributed by atoms with van der Waals surface area (Å²) in [5.41, 5.74) is 2.54. The van der Waals surface area contributed by atoms with Crippen LogP contribution in [-0.2, 0) is 6.54 Å². The van der Waals surface area contributed by atoms with Crippen molar-refractivity contribution >= 4 is 17.6 Å². The Hall–Kier alpha value is -2.86. The van der Waals surface area contributed by atoms with E-state index in [4.69, 9.17) is 5.41 Å². The Morgan fingerprint density at radius 1 is 1.10 bits per heavy atom. The van der Waals surface area contributed by atoms with Gasteiger partial charge >= 0.3 is 5.97 Å². The van der Waals surface area contributed by atoms with Gasteiger partial charge in [0.25, 0.3) is 0 Å². The molecule has 0 bridgehead atoms. The molecule has 2 rings (SSSR count). The molecular weight excluding hydrogens is 364 g/mol. The molecular formula is C23H31N4O2+. The minimum Gasteiger partial charge on any atom is -0.478 e. The van der Waals surface area contributed by atoms with Gasteiger partial charge in [-0.2, -0.15) is 4.99 Å². The second kappa shape index (κ2) is 11.9. The lowest BCUT2D eigenvalue weighted by molar-refractivity contribution is -0.559. The maximum Gasteiger partial charge on any atom is 0.336 e. The summed E-state index contributed by atoms with van der Waals surface area (Å²) in [6, 6.07) is 10.7. The molecule has 0 spiro atoms. The number of carboxylic acid groups (broad SMARTS) is 1. The molecule has 0 saturated carbocycles. The summed E-state index contributed by atoms with van der Waals surface area (Å²) in [7, 11) is 0. The summed E-state index contributed by atoms with van der Waals surface area (Å²) in [6.07, 6.45) is 7.58. The number of unbranched alkanes of at least 4 members (excludes halogenated alkanes) is 2. The second-order valence-electron chi connectivity index (χ2n) is 7.07. The molecule has 0 unspecified atom stereocenters. The summed E-state index contributed by atoms with van der Waals surface area (Å²) >= 11 is 0. The Labute approximate surface area is 172 Å². The monoisotopic (exact) mass is 395 g/mol. The smallest absolute Gasteiger partial charge is 0.336 e. The van der Waals surface area contributed by atoms with Crippen LogP contribution < -0.4 is 5.32 Å². The Morgan fingerprint density at radius 2 is 1.83 bits per heavy atom. The molecule has 0 aliphatic heterocycles. The van der Waals surface area contributed by atoms with Gasteiger partial charge in [-0.3, -0.25) is 15.7 Å². The Morgan fingerprint density at radius 3 is 2.48 bits per heavy atom. The van der Waals surface area contributed by atoms with E-state index in [1.807, 2.05) is 18.2 Å². The Kier molecular flexibility index (Phi) is 9.18. The molecule has 154 valence electrons. The maximum atomic E-state index is 11.4. The van der Waals surface area contributed by atoms with Crippen molar-refractivity contribution < 1.29 is 15.2 Å². The van der Waals surface area contributed by atoms with Crippen LogP contribution in [0.1, 0.15) is 68.3 Å². The zero-order valence-electron chi connectivity index (χ0n) is 17.3. The number of benzene rings is 1. The third kappa shape index (κ3) is 7.23. The van der Waals surface area contributed by atoms with Gasteiger partial charge in [0, 0.05) is 30.2 Å². The van der Waals surface area contributed by atoms with Gasteiger partial charge in [0.2, 0.25) is 5.84 Å². The molecule has 0 aliphatic rings. The van der Waals surface area contributed by atoms with Crippen LogP contribution in [0.2, 0.25) is 0 Å². The van der Waals surface area contributed by atoms with Crippen molar-refractivity contribution in [2.45, 2.75) is 58.9 Å². The first-order chi connectivity index (χ1) is 14.0. The number of aromatic nitrogens is 1. The fourth-order valence-corrected chi connectivity index (χ4v) is 2.97. The van der Waals surface area contributed by atoms with Gasteiger partial charge in [-0.1, -0.05) is 44.9 Å². The van der Waals surface area contributed by atoms with E-state index in [1.54, 1.807) is 24.4 Å². The van der Waals surface area contributed by atoms with E-state index in [9.17, 15) is 9.90 Å². The molecule has 2 aromatic rings. The number of hydrogen-bond acceptors (Lipinski definition) is 3. The normalized spacial score (nSPS) is 11.4. The molecule has 0 atom stereocenters. The van der Waals surface area contributed by atoms with Crippen molar-refractivity contribution in [3.05, 3.63) is 53.7 Å². The van der Waals surface area contributed by atoms with E-state index >= 15 is 0 Å². The van der Waals surface area contributed by atoms with E-state index in [1.165, 1.54) is 0 Å². The summed E-state index contributed by atoms with van der Waals surface area (Å²) in [4.78, 5) is 20.4. The number of pyridine rings is 1. The number of nitrogens with two attached hydrogens (primary N) is 1. The number of amidine groups is 2. The highest BCUT2D eigenvalue weighted by Crippen LogP contribution is 2.21. The lowest BCUT2D eigenvalue weighted by atomic mass is 10.0. The molecule has 1 aromatic heterocycles. The summed E-state index contributed by atoms with van der Waals surface area (Å²) in [6.45, 7) is 4.96.